The lowest BCUT2D eigenvalue weighted by molar-refractivity contribution is 0.0675. The van der Waals surface area contributed by atoms with Crippen LogP contribution in [0, 0.1) is 0 Å². The number of hydrogen-bond acceptors (Lipinski definition) is 5. The van der Waals surface area contributed by atoms with Crippen LogP contribution in [0.15, 0.2) is 126 Å². The zero-order valence-electron chi connectivity index (χ0n) is 23.0. The number of carbonyl (C=O) groups excluding carboxylic acids is 1. The van der Waals surface area contributed by atoms with Gasteiger partial charge >= 0.3 is 0 Å². The highest BCUT2D eigenvalue weighted by molar-refractivity contribution is 7.92. The Hall–Kier alpha value is -4.37. The van der Waals surface area contributed by atoms with Crippen molar-refractivity contribution in [3.05, 3.63) is 148 Å². The Bertz CT molecular complexity index is 1820. The van der Waals surface area contributed by atoms with E-state index in [0.717, 1.165) is 11.1 Å². The van der Waals surface area contributed by atoms with Gasteiger partial charge in [0.1, 0.15) is 11.5 Å². The molecule has 1 aromatic heterocycles. The van der Waals surface area contributed by atoms with E-state index in [9.17, 15) is 13.2 Å². The minimum Gasteiger partial charge on any atom is -0.456 e. The summed E-state index contributed by atoms with van der Waals surface area (Å²) in [5.41, 5.74) is 2.01. The molecule has 43 heavy (non-hydrogen) atoms. The molecular formula is C33H27Cl2N3O4S. The van der Waals surface area contributed by atoms with Crippen molar-refractivity contribution in [2.75, 3.05) is 4.72 Å². The van der Waals surface area contributed by atoms with Gasteiger partial charge in [-0.25, -0.2) is 8.42 Å². The van der Waals surface area contributed by atoms with Crippen LogP contribution in [0.3, 0.4) is 0 Å². The van der Waals surface area contributed by atoms with E-state index in [1.54, 1.807) is 41.6 Å². The van der Waals surface area contributed by atoms with Crippen molar-refractivity contribution in [3.63, 3.8) is 0 Å². The van der Waals surface area contributed by atoms with Crippen molar-refractivity contribution in [1.29, 1.82) is 0 Å². The SMILES string of the molecule is C[C@@H](c1ccccc1)N(Cc1ccncc1)C(=O)c1cc(Cl)ccc1NS(=O)(=O)c1ccc(Oc2ccccc2Cl)cc1. The Labute approximate surface area is 260 Å². The van der Waals surface area contributed by atoms with Gasteiger partial charge in [0.15, 0.2) is 0 Å². The third-order valence-corrected chi connectivity index (χ3v) is 8.70. The van der Waals surface area contributed by atoms with E-state index in [2.05, 4.69) is 9.71 Å². The quantitative estimate of drug-likeness (QED) is 0.167. The van der Waals surface area contributed by atoms with Crippen molar-refractivity contribution >= 4 is 44.8 Å². The normalized spacial score (nSPS) is 11.9. The predicted molar refractivity (Wildman–Crippen MR) is 169 cm³/mol. The molecule has 0 radical (unpaired) electrons. The van der Waals surface area contributed by atoms with Gasteiger partial charge in [0.2, 0.25) is 0 Å². The molecule has 5 aromatic rings. The Morgan fingerprint density at radius 3 is 2.26 bits per heavy atom. The maximum atomic E-state index is 14.2. The van der Waals surface area contributed by atoms with Gasteiger partial charge in [0, 0.05) is 24.0 Å². The number of pyridine rings is 1. The molecule has 0 saturated carbocycles. The average Bonchev–Trinajstić information content (AvgIpc) is 3.02. The average molecular weight is 633 g/mol. The molecule has 0 spiro atoms. The number of ether oxygens (including phenoxy) is 1. The van der Waals surface area contributed by atoms with Crippen LogP contribution in [0.4, 0.5) is 5.69 Å². The van der Waals surface area contributed by atoms with E-state index >= 15 is 0 Å². The second-order valence-corrected chi connectivity index (χ2v) is 12.2. The van der Waals surface area contributed by atoms with Crippen LogP contribution in [0.2, 0.25) is 10.0 Å². The minimum atomic E-state index is -4.09. The molecule has 218 valence electrons. The molecule has 0 saturated heterocycles. The van der Waals surface area contributed by atoms with Gasteiger partial charge in [-0.1, -0.05) is 65.7 Å². The summed E-state index contributed by atoms with van der Waals surface area (Å²) in [5, 5.41) is 0.726. The largest absolute Gasteiger partial charge is 0.456 e. The van der Waals surface area contributed by atoms with Crippen molar-refractivity contribution < 1.29 is 17.9 Å². The second-order valence-electron chi connectivity index (χ2n) is 9.67. The first-order chi connectivity index (χ1) is 20.7. The van der Waals surface area contributed by atoms with E-state index in [4.69, 9.17) is 27.9 Å². The molecular weight excluding hydrogens is 605 g/mol. The molecule has 1 amide bonds. The Morgan fingerprint density at radius 1 is 0.884 bits per heavy atom. The lowest BCUT2D eigenvalue weighted by Gasteiger charge is -2.31. The molecule has 1 atom stereocenters. The first-order valence-electron chi connectivity index (χ1n) is 13.3. The maximum absolute atomic E-state index is 14.2. The van der Waals surface area contributed by atoms with E-state index in [0.29, 0.717) is 21.5 Å². The van der Waals surface area contributed by atoms with Crippen molar-refractivity contribution in [2.45, 2.75) is 24.4 Å². The van der Waals surface area contributed by atoms with E-state index in [1.165, 1.54) is 42.5 Å². The molecule has 1 heterocycles. The monoisotopic (exact) mass is 631 g/mol. The smallest absolute Gasteiger partial charge is 0.261 e. The molecule has 0 aliphatic carbocycles. The number of amides is 1. The van der Waals surface area contributed by atoms with Gasteiger partial charge in [-0.15, -0.1) is 0 Å². The number of aromatic nitrogens is 1. The number of nitrogens with zero attached hydrogens (tertiary/aromatic N) is 2. The number of para-hydroxylation sites is 1. The van der Waals surface area contributed by atoms with Crippen molar-refractivity contribution in [2.24, 2.45) is 0 Å². The number of anilines is 1. The molecule has 7 nitrogen and oxygen atoms in total. The molecule has 0 aliphatic rings. The number of benzene rings is 4. The highest BCUT2D eigenvalue weighted by Crippen LogP contribution is 2.32. The van der Waals surface area contributed by atoms with Gasteiger partial charge in [-0.3, -0.25) is 14.5 Å². The second kappa shape index (κ2) is 13.3. The number of halogens is 2. The molecule has 0 bridgehead atoms. The van der Waals surface area contributed by atoms with Crippen LogP contribution in [-0.4, -0.2) is 24.2 Å². The molecule has 0 fully saturated rings. The predicted octanol–water partition coefficient (Wildman–Crippen LogP) is 8.39. The van der Waals surface area contributed by atoms with Crippen LogP contribution in [0.5, 0.6) is 11.5 Å². The van der Waals surface area contributed by atoms with Gasteiger partial charge in [0.05, 0.1) is 27.2 Å². The molecule has 5 rings (SSSR count). The van der Waals surface area contributed by atoms with Gasteiger partial charge < -0.3 is 9.64 Å². The van der Waals surface area contributed by atoms with Gasteiger partial charge in [-0.05, 0) is 84.8 Å². The highest BCUT2D eigenvalue weighted by Gasteiger charge is 2.27. The molecule has 4 aromatic carbocycles. The standard InChI is InChI=1S/C33H27Cl2N3O4S/c1-23(25-7-3-2-4-8-25)38(22-24-17-19-36-20-18-24)33(39)29-21-26(34)11-16-31(29)37-43(40,41)28-14-12-27(13-15-28)42-32-10-6-5-9-30(32)35/h2-21,23,37H,22H2,1H3/t23-/m0/s1. The molecule has 0 aliphatic heterocycles. The van der Waals surface area contributed by atoms with Crippen LogP contribution in [-0.2, 0) is 16.6 Å². The van der Waals surface area contributed by atoms with Crippen LogP contribution in [0.1, 0.15) is 34.5 Å². The highest BCUT2D eigenvalue weighted by atomic mass is 35.5. The fourth-order valence-electron chi connectivity index (χ4n) is 4.46. The van der Waals surface area contributed by atoms with Crippen LogP contribution >= 0.6 is 23.2 Å². The maximum Gasteiger partial charge on any atom is 0.261 e. The van der Waals surface area contributed by atoms with Crippen molar-refractivity contribution in [3.8, 4) is 11.5 Å². The fraction of sp³-hybridized carbons (Fsp3) is 0.0909. The molecule has 1 N–H and O–H groups in total. The van der Waals surface area contributed by atoms with E-state index in [1.807, 2.05) is 49.4 Å². The number of carbonyl (C=O) groups is 1. The first kappa shape index (κ1) is 30.1. The summed E-state index contributed by atoms with van der Waals surface area (Å²) in [4.78, 5) is 19.9. The van der Waals surface area contributed by atoms with Gasteiger partial charge in [0.25, 0.3) is 15.9 Å². The summed E-state index contributed by atoms with van der Waals surface area (Å²) in [6, 6.07) is 30.3. The van der Waals surface area contributed by atoms with E-state index < -0.39 is 15.9 Å². The third-order valence-electron chi connectivity index (χ3n) is 6.77. The Morgan fingerprint density at radius 2 is 1.56 bits per heavy atom. The first-order valence-corrected chi connectivity index (χ1v) is 15.5. The lowest BCUT2D eigenvalue weighted by Crippen LogP contribution is -2.34. The number of sulfonamides is 1. The Balaban J connectivity index is 1.44. The summed E-state index contributed by atoms with van der Waals surface area (Å²) in [6.07, 6.45) is 3.32. The lowest BCUT2D eigenvalue weighted by atomic mass is 10.0. The number of rotatable bonds is 10. The van der Waals surface area contributed by atoms with Gasteiger partial charge in [-0.2, -0.15) is 0 Å². The van der Waals surface area contributed by atoms with E-state index in [-0.39, 0.29) is 28.7 Å². The molecule has 10 heteroatoms. The van der Waals surface area contributed by atoms with Crippen LogP contribution in [0.25, 0.3) is 0 Å². The summed E-state index contributed by atoms with van der Waals surface area (Å²) in [6.45, 7) is 2.19. The summed E-state index contributed by atoms with van der Waals surface area (Å²) in [7, 11) is -4.09. The topological polar surface area (TPSA) is 88.6 Å². The van der Waals surface area contributed by atoms with Crippen LogP contribution < -0.4 is 9.46 Å². The number of hydrogen-bond donors (Lipinski definition) is 1. The van der Waals surface area contributed by atoms with Crippen molar-refractivity contribution in [1.82, 2.24) is 9.88 Å². The molecule has 0 unspecified atom stereocenters. The Kier molecular flexibility index (Phi) is 9.31. The summed E-state index contributed by atoms with van der Waals surface area (Å²) < 4.78 is 35.3. The number of nitrogens with one attached hydrogen (secondary N) is 1. The summed E-state index contributed by atoms with van der Waals surface area (Å²) in [5.74, 6) is 0.469. The third kappa shape index (κ3) is 7.35. The zero-order valence-corrected chi connectivity index (χ0v) is 25.4. The zero-order chi connectivity index (χ0) is 30.4. The fourth-order valence-corrected chi connectivity index (χ4v) is 5.89. The summed E-state index contributed by atoms with van der Waals surface area (Å²) >= 11 is 12.5. The minimum absolute atomic E-state index is 0.0151.